The Kier molecular flexibility index (Phi) is 5.68. The number of nitrogens with zero attached hydrogens (tertiary/aromatic N) is 3. The zero-order valence-corrected chi connectivity index (χ0v) is 18.3. The molecule has 2 fully saturated rings. The molecule has 3 aliphatic heterocycles. The van der Waals surface area contributed by atoms with E-state index in [1.54, 1.807) is 9.80 Å². The normalized spacial score (nSPS) is 21.1. The van der Waals surface area contributed by atoms with E-state index in [0.29, 0.717) is 36.3 Å². The van der Waals surface area contributed by atoms with Crippen molar-refractivity contribution in [1.82, 2.24) is 9.80 Å². The van der Waals surface area contributed by atoms with Crippen molar-refractivity contribution in [3.63, 3.8) is 0 Å². The Morgan fingerprint density at radius 2 is 1.56 bits per heavy atom. The summed E-state index contributed by atoms with van der Waals surface area (Å²) in [6.07, 6.45) is 6.07. The predicted octanol–water partition coefficient (Wildman–Crippen LogP) is 3.85. The maximum Gasteiger partial charge on any atom is 0.256 e. The molecule has 3 aliphatic rings. The third kappa shape index (κ3) is 3.78. The number of amides is 3. The van der Waals surface area contributed by atoms with Crippen LogP contribution in [0, 0.1) is 0 Å². The summed E-state index contributed by atoms with van der Waals surface area (Å²) in [5, 5.41) is 0. The molecule has 0 unspecified atom stereocenters. The van der Waals surface area contributed by atoms with Crippen molar-refractivity contribution in [1.29, 1.82) is 0 Å². The Hall–Kier alpha value is -3.15. The first-order valence-electron chi connectivity index (χ1n) is 11.7. The molecule has 0 N–H and O–H groups in total. The molecule has 0 radical (unpaired) electrons. The number of rotatable bonds is 3. The lowest BCUT2D eigenvalue weighted by Gasteiger charge is -2.26. The van der Waals surface area contributed by atoms with Crippen LogP contribution < -0.4 is 4.90 Å². The van der Waals surface area contributed by atoms with E-state index in [9.17, 15) is 14.4 Å². The molecular formula is C26H29N3O3. The van der Waals surface area contributed by atoms with E-state index in [0.717, 1.165) is 37.9 Å². The number of carbonyl (C=O) groups excluding carboxylic acids is 3. The molecule has 5 rings (SSSR count). The summed E-state index contributed by atoms with van der Waals surface area (Å²) in [6, 6.07) is 14.6. The summed E-state index contributed by atoms with van der Waals surface area (Å²) in [5.41, 5.74) is 2.88. The molecule has 1 atom stereocenters. The van der Waals surface area contributed by atoms with E-state index in [4.69, 9.17) is 0 Å². The lowest BCUT2D eigenvalue weighted by atomic mass is 10.1. The molecule has 0 saturated carbocycles. The van der Waals surface area contributed by atoms with E-state index in [1.807, 2.05) is 53.4 Å². The molecule has 6 nitrogen and oxygen atoms in total. The summed E-state index contributed by atoms with van der Waals surface area (Å²) in [7, 11) is 0. The minimum Gasteiger partial charge on any atom is -0.339 e. The molecule has 0 bridgehead atoms. The number of fused-ring (bicyclic) bond motifs is 2. The number of carbonyl (C=O) groups is 3. The molecule has 32 heavy (non-hydrogen) atoms. The van der Waals surface area contributed by atoms with Crippen LogP contribution >= 0.6 is 0 Å². The minimum absolute atomic E-state index is 0.0227. The SMILES string of the molecule is O=C(c1ccc(CN2C(=O)[C@H]3CCCN3C(=O)c3ccccc32)cc1)N1CCCCCC1. The van der Waals surface area contributed by atoms with Crippen LogP contribution in [0.15, 0.2) is 48.5 Å². The molecule has 3 amide bonds. The smallest absolute Gasteiger partial charge is 0.256 e. The number of para-hydroxylation sites is 1. The van der Waals surface area contributed by atoms with Gasteiger partial charge in [0.2, 0.25) is 5.91 Å². The van der Waals surface area contributed by atoms with Crippen LogP contribution in [0.2, 0.25) is 0 Å². The van der Waals surface area contributed by atoms with Crippen LogP contribution in [0.4, 0.5) is 5.69 Å². The molecule has 6 heteroatoms. The number of benzene rings is 2. The molecule has 2 saturated heterocycles. The molecular weight excluding hydrogens is 402 g/mol. The third-order valence-corrected chi connectivity index (χ3v) is 6.92. The zero-order valence-electron chi connectivity index (χ0n) is 18.3. The summed E-state index contributed by atoms with van der Waals surface area (Å²) in [6.45, 7) is 2.66. The maximum absolute atomic E-state index is 13.4. The highest BCUT2D eigenvalue weighted by Crippen LogP contribution is 2.33. The van der Waals surface area contributed by atoms with Gasteiger partial charge in [0.05, 0.1) is 17.8 Å². The van der Waals surface area contributed by atoms with E-state index >= 15 is 0 Å². The third-order valence-electron chi connectivity index (χ3n) is 6.92. The Morgan fingerprint density at radius 1 is 0.844 bits per heavy atom. The second-order valence-electron chi connectivity index (χ2n) is 9.00. The average molecular weight is 432 g/mol. The number of anilines is 1. The fourth-order valence-corrected chi connectivity index (χ4v) is 5.16. The van der Waals surface area contributed by atoms with Crippen LogP contribution in [0.5, 0.6) is 0 Å². The molecule has 0 aromatic heterocycles. The summed E-state index contributed by atoms with van der Waals surface area (Å²) >= 11 is 0. The van der Waals surface area contributed by atoms with Crippen molar-refractivity contribution in [2.75, 3.05) is 24.5 Å². The van der Waals surface area contributed by atoms with Crippen molar-refractivity contribution in [2.24, 2.45) is 0 Å². The van der Waals surface area contributed by atoms with Crippen LogP contribution in [-0.4, -0.2) is 53.2 Å². The standard InChI is InChI=1S/C26H29N3O3/c30-24(27-15-5-1-2-6-16-27)20-13-11-19(12-14-20)18-29-22-9-4-3-8-21(22)25(31)28-17-7-10-23(28)26(29)32/h3-4,8-9,11-14,23H,1-2,5-7,10,15-18H2/t23-/m1/s1. The van der Waals surface area contributed by atoms with Gasteiger partial charge in [-0.05, 0) is 55.5 Å². The lowest BCUT2D eigenvalue weighted by Crippen LogP contribution is -2.44. The number of hydrogen-bond donors (Lipinski definition) is 0. The van der Waals surface area contributed by atoms with Gasteiger partial charge in [-0.2, -0.15) is 0 Å². The fraction of sp³-hybridized carbons (Fsp3) is 0.423. The van der Waals surface area contributed by atoms with Gasteiger partial charge in [-0.1, -0.05) is 37.1 Å². The summed E-state index contributed by atoms with van der Waals surface area (Å²) < 4.78 is 0. The average Bonchev–Trinajstić information content (AvgIpc) is 3.13. The highest BCUT2D eigenvalue weighted by Gasteiger charge is 2.41. The van der Waals surface area contributed by atoms with E-state index < -0.39 is 6.04 Å². The van der Waals surface area contributed by atoms with Gasteiger partial charge in [0.15, 0.2) is 0 Å². The molecule has 2 aromatic carbocycles. The van der Waals surface area contributed by atoms with Gasteiger partial charge in [0.25, 0.3) is 11.8 Å². The first kappa shape index (κ1) is 20.7. The summed E-state index contributed by atoms with van der Waals surface area (Å²) in [4.78, 5) is 44.8. The zero-order chi connectivity index (χ0) is 22.1. The van der Waals surface area contributed by atoms with E-state index in [-0.39, 0.29) is 17.7 Å². The van der Waals surface area contributed by atoms with Gasteiger partial charge >= 0.3 is 0 Å². The Bertz CT molecular complexity index is 1020. The molecule has 0 spiro atoms. The van der Waals surface area contributed by atoms with Crippen molar-refractivity contribution in [3.8, 4) is 0 Å². The number of likely N-dealkylation sites (tertiary alicyclic amines) is 1. The largest absolute Gasteiger partial charge is 0.339 e. The van der Waals surface area contributed by atoms with Crippen LogP contribution in [0.25, 0.3) is 0 Å². The van der Waals surface area contributed by atoms with E-state index in [2.05, 4.69) is 0 Å². The van der Waals surface area contributed by atoms with Gasteiger partial charge in [-0.25, -0.2) is 0 Å². The van der Waals surface area contributed by atoms with Crippen molar-refractivity contribution in [3.05, 3.63) is 65.2 Å². The van der Waals surface area contributed by atoms with Gasteiger partial charge in [0, 0.05) is 25.2 Å². The summed E-state index contributed by atoms with van der Waals surface area (Å²) in [5.74, 6) is 0.00435. The highest BCUT2D eigenvalue weighted by atomic mass is 16.2. The Labute approximate surface area is 188 Å². The molecule has 166 valence electrons. The monoisotopic (exact) mass is 431 g/mol. The topological polar surface area (TPSA) is 60.9 Å². The van der Waals surface area contributed by atoms with E-state index in [1.165, 1.54) is 12.8 Å². The first-order chi connectivity index (χ1) is 15.6. The Balaban J connectivity index is 1.39. The van der Waals surface area contributed by atoms with Crippen molar-refractivity contribution >= 4 is 23.4 Å². The second-order valence-corrected chi connectivity index (χ2v) is 9.00. The van der Waals surface area contributed by atoms with Gasteiger partial charge in [-0.3, -0.25) is 14.4 Å². The first-order valence-corrected chi connectivity index (χ1v) is 11.7. The number of hydrogen-bond acceptors (Lipinski definition) is 3. The van der Waals surface area contributed by atoms with Gasteiger partial charge < -0.3 is 14.7 Å². The van der Waals surface area contributed by atoms with Crippen molar-refractivity contribution < 1.29 is 14.4 Å². The lowest BCUT2D eigenvalue weighted by molar-refractivity contribution is -0.122. The fourth-order valence-electron chi connectivity index (χ4n) is 5.16. The molecule has 3 heterocycles. The molecule has 0 aliphatic carbocycles. The van der Waals surface area contributed by atoms with Gasteiger partial charge in [0.1, 0.15) is 6.04 Å². The van der Waals surface area contributed by atoms with Crippen LogP contribution in [0.1, 0.15) is 64.8 Å². The predicted molar refractivity (Wildman–Crippen MR) is 123 cm³/mol. The van der Waals surface area contributed by atoms with Crippen LogP contribution in [-0.2, 0) is 11.3 Å². The second kappa shape index (κ2) is 8.77. The Morgan fingerprint density at radius 3 is 2.31 bits per heavy atom. The molecule has 2 aromatic rings. The highest BCUT2D eigenvalue weighted by molar-refractivity contribution is 6.11. The van der Waals surface area contributed by atoms with Crippen LogP contribution in [0.3, 0.4) is 0 Å². The van der Waals surface area contributed by atoms with Gasteiger partial charge in [-0.15, -0.1) is 0 Å². The minimum atomic E-state index is -0.390. The maximum atomic E-state index is 13.4. The quantitative estimate of drug-likeness (QED) is 0.742. The van der Waals surface area contributed by atoms with Crippen molar-refractivity contribution in [2.45, 2.75) is 51.1 Å².